The number of carbonyl (C=O) groups excluding carboxylic acids is 1. The Morgan fingerprint density at radius 1 is 1.11 bits per heavy atom. The Morgan fingerprint density at radius 3 is 2.61 bits per heavy atom. The van der Waals surface area contributed by atoms with Crippen molar-refractivity contribution in [1.29, 1.82) is 0 Å². The zero-order chi connectivity index (χ0) is 13.0. The number of aryl methyl sites for hydroxylation is 1. The molecule has 0 unspecified atom stereocenters. The van der Waals surface area contributed by atoms with Crippen molar-refractivity contribution in [3.05, 3.63) is 77.1 Å². The second-order valence-electron chi connectivity index (χ2n) is 4.07. The van der Waals surface area contributed by atoms with Gasteiger partial charge >= 0.3 is 0 Å². The SMILES string of the molecule is Cc1ccccc1C(=O)/C=C/c1cccc(F)c1. The number of rotatable bonds is 3. The lowest BCUT2D eigenvalue weighted by Gasteiger charge is -2.00. The fourth-order valence-electron chi connectivity index (χ4n) is 1.72. The average molecular weight is 240 g/mol. The van der Waals surface area contributed by atoms with Crippen molar-refractivity contribution >= 4 is 11.9 Å². The molecule has 0 aliphatic heterocycles. The van der Waals surface area contributed by atoms with E-state index in [0.29, 0.717) is 11.1 Å². The third-order valence-corrected chi connectivity index (χ3v) is 2.69. The summed E-state index contributed by atoms with van der Waals surface area (Å²) in [7, 11) is 0. The van der Waals surface area contributed by atoms with Crippen LogP contribution in [0.3, 0.4) is 0 Å². The fourth-order valence-corrected chi connectivity index (χ4v) is 1.72. The quantitative estimate of drug-likeness (QED) is 0.584. The highest BCUT2D eigenvalue weighted by molar-refractivity contribution is 6.07. The van der Waals surface area contributed by atoms with Crippen LogP contribution in [0.2, 0.25) is 0 Å². The predicted octanol–water partition coefficient (Wildman–Crippen LogP) is 4.03. The molecule has 0 bridgehead atoms. The van der Waals surface area contributed by atoms with Crippen molar-refractivity contribution in [3.8, 4) is 0 Å². The predicted molar refractivity (Wildman–Crippen MR) is 70.9 cm³/mol. The first-order valence-corrected chi connectivity index (χ1v) is 5.70. The van der Waals surface area contributed by atoms with E-state index in [4.69, 9.17) is 0 Å². The molecule has 0 aromatic heterocycles. The third kappa shape index (κ3) is 2.92. The highest BCUT2D eigenvalue weighted by Crippen LogP contribution is 2.10. The zero-order valence-corrected chi connectivity index (χ0v) is 10.1. The van der Waals surface area contributed by atoms with Crippen LogP contribution in [-0.2, 0) is 0 Å². The molecule has 0 radical (unpaired) electrons. The molecule has 2 rings (SSSR count). The second-order valence-corrected chi connectivity index (χ2v) is 4.07. The first-order chi connectivity index (χ1) is 8.66. The lowest BCUT2D eigenvalue weighted by atomic mass is 10.0. The van der Waals surface area contributed by atoms with E-state index in [1.807, 2.05) is 25.1 Å². The Kier molecular flexibility index (Phi) is 3.68. The van der Waals surface area contributed by atoms with Crippen LogP contribution >= 0.6 is 0 Å². The fraction of sp³-hybridized carbons (Fsp3) is 0.0625. The highest BCUT2D eigenvalue weighted by atomic mass is 19.1. The maximum atomic E-state index is 13.0. The van der Waals surface area contributed by atoms with Gasteiger partial charge in [0.15, 0.2) is 5.78 Å². The minimum absolute atomic E-state index is 0.0719. The standard InChI is InChI=1S/C16H13FO/c1-12-5-2-3-8-15(12)16(18)10-9-13-6-4-7-14(17)11-13/h2-11H,1H3/b10-9+. The van der Waals surface area contributed by atoms with E-state index in [1.165, 1.54) is 18.2 Å². The molecule has 0 aliphatic rings. The maximum Gasteiger partial charge on any atom is 0.186 e. The lowest BCUT2D eigenvalue weighted by molar-refractivity contribution is 0.104. The molecule has 0 fully saturated rings. The monoisotopic (exact) mass is 240 g/mol. The molecule has 0 atom stereocenters. The summed E-state index contributed by atoms with van der Waals surface area (Å²) in [5.41, 5.74) is 2.29. The van der Waals surface area contributed by atoms with Crippen LogP contribution in [-0.4, -0.2) is 5.78 Å². The Bertz CT molecular complexity index is 600. The van der Waals surface area contributed by atoms with E-state index < -0.39 is 0 Å². The van der Waals surface area contributed by atoms with Crippen LogP contribution in [0.15, 0.2) is 54.6 Å². The van der Waals surface area contributed by atoms with Gasteiger partial charge in [-0.1, -0.05) is 42.5 Å². The molecule has 0 saturated carbocycles. The lowest BCUT2D eigenvalue weighted by Crippen LogP contribution is -1.96. The molecule has 90 valence electrons. The van der Waals surface area contributed by atoms with Gasteiger partial charge in [0, 0.05) is 5.56 Å². The van der Waals surface area contributed by atoms with Gasteiger partial charge in [-0.2, -0.15) is 0 Å². The zero-order valence-electron chi connectivity index (χ0n) is 10.1. The van der Waals surface area contributed by atoms with E-state index in [-0.39, 0.29) is 11.6 Å². The molecule has 0 N–H and O–H groups in total. The number of carbonyl (C=O) groups is 1. The van der Waals surface area contributed by atoms with Crippen LogP contribution in [0.5, 0.6) is 0 Å². The summed E-state index contributed by atoms with van der Waals surface area (Å²) < 4.78 is 13.0. The van der Waals surface area contributed by atoms with Crippen molar-refractivity contribution in [3.63, 3.8) is 0 Å². The molecular weight excluding hydrogens is 227 g/mol. The van der Waals surface area contributed by atoms with Gasteiger partial charge in [0.25, 0.3) is 0 Å². The Labute approximate surface area is 106 Å². The van der Waals surface area contributed by atoms with E-state index >= 15 is 0 Å². The summed E-state index contributed by atoms with van der Waals surface area (Å²) in [6, 6.07) is 13.5. The summed E-state index contributed by atoms with van der Waals surface area (Å²) in [5.74, 6) is -0.377. The third-order valence-electron chi connectivity index (χ3n) is 2.69. The second kappa shape index (κ2) is 5.41. The van der Waals surface area contributed by atoms with E-state index in [1.54, 1.807) is 24.3 Å². The van der Waals surface area contributed by atoms with Gasteiger partial charge in [-0.05, 0) is 36.3 Å². The average Bonchev–Trinajstić information content (AvgIpc) is 2.37. The Morgan fingerprint density at radius 2 is 1.89 bits per heavy atom. The summed E-state index contributed by atoms with van der Waals surface area (Å²) in [6.07, 6.45) is 3.09. The van der Waals surface area contributed by atoms with Crippen LogP contribution in [0.4, 0.5) is 4.39 Å². The molecule has 2 heteroatoms. The minimum Gasteiger partial charge on any atom is -0.289 e. The molecule has 2 aromatic carbocycles. The number of halogens is 1. The number of hydrogen-bond donors (Lipinski definition) is 0. The first-order valence-electron chi connectivity index (χ1n) is 5.70. The van der Waals surface area contributed by atoms with Crippen molar-refractivity contribution in [2.24, 2.45) is 0 Å². The van der Waals surface area contributed by atoms with Gasteiger partial charge in [-0.3, -0.25) is 4.79 Å². The van der Waals surface area contributed by atoms with Crippen molar-refractivity contribution in [2.75, 3.05) is 0 Å². The summed E-state index contributed by atoms with van der Waals surface area (Å²) in [5, 5.41) is 0. The normalized spacial score (nSPS) is 10.8. The van der Waals surface area contributed by atoms with Crippen LogP contribution < -0.4 is 0 Å². The maximum absolute atomic E-state index is 13.0. The number of allylic oxidation sites excluding steroid dienone is 1. The molecule has 0 amide bonds. The van der Waals surface area contributed by atoms with Crippen LogP contribution in [0, 0.1) is 12.7 Å². The van der Waals surface area contributed by atoms with E-state index in [9.17, 15) is 9.18 Å². The number of hydrogen-bond acceptors (Lipinski definition) is 1. The van der Waals surface area contributed by atoms with E-state index in [2.05, 4.69) is 0 Å². The van der Waals surface area contributed by atoms with Crippen molar-refractivity contribution in [1.82, 2.24) is 0 Å². The molecule has 0 saturated heterocycles. The molecule has 0 aliphatic carbocycles. The largest absolute Gasteiger partial charge is 0.289 e. The Hall–Kier alpha value is -2.22. The first kappa shape index (κ1) is 12.2. The summed E-state index contributed by atoms with van der Waals surface area (Å²) in [6.45, 7) is 1.89. The minimum atomic E-state index is -0.305. The number of benzene rings is 2. The van der Waals surface area contributed by atoms with Crippen molar-refractivity contribution < 1.29 is 9.18 Å². The van der Waals surface area contributed by atoms with Gasteiger partial charge in [0.1, 0.15) is 5.82 Å². The van der Waals surface area contributed by atoms with Gasteiger partial charge in [0.2, 0.25) is 0 Å². The van der Waals surface area contributed by atoms with Gasteiger partial charge in [-0.15, -0.1) is 0 Å². The molecule has 0 spiro atoms. The smallest absolute Gasteiger partial charge is 0.186 e. The molecule has 18 heavy (non-hydrogen) atoms. The molecule has 0 heterocycles. The van der Waals surface area contributed by atoms with Crippen LogP contribution in [0.1, 0.15) is 21.5 Å². The molecular formula is C16H13FO. The molecule has 1 nitrogen and oxygen atoms in total. The topological polar surface area (TPSA) is 17.1 Å². The number of ketones is 1. The van der Waals surface area contributed by atoms with Gasteiger partial charge in [-0.25, -0.2) is 4.39 Å². The van der Waals surface area contributed by atoms with Gasteiger partial charge < -0.3 is 0 Å². The van der Waals surface area contributed by atoms with Gasteiger partial charge in [0.05, 0.1) is 0 Å². The van der Waals surface area contributed by atoms with E-state index in [0.717, 1.165) is 5.56 Å². The molecule has 2 aromatic rings. The van der Waals surface area contributed by atoms with Crippen molar-refractivity contribution in [2.45, 2.75) is 6.92 Å². The summed E-state index contributed by atoms with van der Waals surface area (Å²) >= 11 is 0. The summed E-state index contributed by atoms with van der Waals surface area (Å²) in [4.78, 5) is 11.9. The Balaban J connectivity index is 2.20. The van der Waals surface area contributed by atoms with Crippen LogP contribution in [0.25, 0.3) is 6.08 Å². The highest BCUT2D eigenvalue weighted by Gasteiger charge is 2.03.